The zero-order chi connectivity index (χ0) is 37.0. The molecular weight excluding hydrogens is 702 g/mol. The van der Waals surface area contributed by atoms with Crippen molar-refractivity contribution in [2.24, 2.45) is 0 Å². The van der Waals surface area contributed by atoms with Crippen molar-refractivity contribution in [3.8, 4) is 11.1 Å². The summed E-state index contributed by atoms with van der Waals surface area (Å²) in [6, 6.07) is 19.5. The third kappa shape index (κ3) is 9.11. The Morgan fingerprint density at radius 3 is 2.31 bits per heavy atom. The quantitative estimate of drug-likeness (QED) is 0.0464. The summed E-state index contributed by atoms with van der Waals surface area (Å²) < 4.78 is 10.0. The smallest absolute Gasteiger partial charge is 0.330 e. The lowest BCUT2D eigenvalue weighted by atomic mass is 9.99. The molecule has 0 bridgehead atoms. The minimum Gasteiger partial charge on any atom is -0.352 e. The topological polar surface area (TPSA) is 138 Å². The summed E-state index contributed by atoms with van der Waals surface area (Å²) in [5.74, 6) is -3.03. The molecular formula is C39H42ClN5O6S. The number of nitrogens with one attached hydrogen (secondary N) is 2. The van der Waals surface area contributed by atoms with Crippen LogP contribution in [0.15, 0.2) is 84.2 Å². The van der Waals surface area contributed by atoms with Crippen LogP contribution in [0.2, 0.25) is 5.02 Å². The van der Waals surface area contributed by atoms with Crippen LogP contribution in [0.1, 0.15) is 78.8 Å². The molecule has 1 aliphatic rings. The molecule has 2 unspecified atom stereocenters. The number of nitrogens with zero attached hydrogens (tertiary/aromatic N) is 3. The number of halogens is 1. The van der Waals surface area contributed by atoms with E-state index in [0.717, 1.165) is 36.4 Å². The van der Waals surface area contributed by atoms with E-state index in [2.05, 4.69) is 21.9 Å². The largest absolute Gasteiger partial charge is 0.352 e. The fraction of sp³-hybridized carbons (Fsp3) is 0.333. The Kier molecular flexibility index (Phi) is 13.7. The van der Waals surface area contributed by atoms with Gasteiger partial charge in [-0.15, -0.1) is 0 Å². The van der Waals surface area contributed by atoms with Gasteiger partial charge >= 0.3 is 6.03 Å². The molecule has 272 valence electrons. The number of carbonyl (C=O) groups is 5. The molecule has 1 aromatic heterocycles. The molecule has 2 atom stereocenters. The highest BCUT2D eigenvalue weighted by atomic mass is 35.5. The average molecular weight is 744 g/mol. The third-order valence-electron chi connectivity index (χ3n) is 8.65. The molecule has 1 saturated heterocycles. The standard InChI is InChI=1S/C39H42ClN5O6S/c1-3-5-6-7-8-15-22-41-35(47)28-20-21-31(30(40)23-28)42-36(48)33(34(46)32-29(25-52-43-32)27-18-13-10-14-19-27)45-37(49)38(51-4-2)44(39(45)50)24-26-16-11-9-12-17-26/h9-14,16-21,23,25,33,38H,3-8,15,22,24H2,1-2H3,(H,41,47)(H,42,48). The molecule has 5 rings (SSSR count). The number of aromatic nitrogens is 1. The minimum absolute atomic E-state index is 0.00468. The van der Waals surface area contributed by atoms with E-state index in [9.17, 15) is 24.0 Å². The zero-order valence-corrected chi connectivity index (χ0v) is 30.8. The third-order valence-corrected chi connectivity index (χ3v) is 9.59. The lowest BCUT2D eigenvalue weighted by Gasteiger charge is -2.24. The van der Waals surface area contributed by atoms with Crippen molar-refractivity contribution in [1.29, 1.82) is 0 Å². The van der Waals surface area contributed by atoms with E-state index in [1.54, 1.807) is 60.8 Å². The fourth-order valence-electron chi connectivity index (χ4n) is 5.96. The Morgan fingerprint density at radius 2 is 1.62 bits per heavy atom. The van der Waals surface area contributed by atoms with Gasteiger partial charge in [0.05, 0.1) is 17.3 Å². The predicted molar refractivity (Wildman–Crippen MR) is 201 cm³/mol. The number of urea groups is 1. The first-order chi connectivity index (χ1) is 25.2. The van der Waals surface area contributed by atoms with Crippen LogP contribution in [-0.4, -0.2) is 69.1 Å². The van der Waals surface area contributed by atoms with E-state index in [4.69, 9.17) is 16.3 Å². The van der Waals surface area contributed by atoms with Crippen molar-refractivity contribution in [3.63, 3.8) is 0 Å². The summed E-state index contributed by atoms with van der Waals surface area (Å²) in [5, 5.41) is 7.22. The fourth-order valence-corrected chi connectivity index (χ4v) is 6.89. The highest BCUT2D eigenvalue weighted by molar-refractivity contribution is 7.04. The predicted octanol–water partition coefficient (Wildman–Crippen LogP) is 7.57. The number of unbranched alkanes of at least 4 members (excludes halogenated alkanes) is 5. The van der Waals surface area contributed by atoms with E-state index in [1.165, 1.54) is 42.4 Å². The van der Waals surface area contributed by atoms with Crippen molar-refractivity contribution in [1.82, 2.24) is 19.5 Å². The molecule has 52 heavy (non-hydrogen) atoms. The summed E-state index contributed by atoms with van der Waals surface area (Å²) in [6.07, 6.45) is 5.18. The number of amides is 5. The first kappa shape index (κ1) is 38.3. The maximum absolute atomic E-state index is 14.5. The van der Waals surface area contributed by atoms with Gasteiger partial charge in [-0.1, -0.05) is 111 Å². The van der Waals surface area contributed by atoms with Crippen LogP contribution in [0, 0.1) is 0 Å². The Bertz CT molecular complexity index is 1870. The van der Waals surface area contributed by atoms with Crippen molar-refractivity contribution >= 4 is 58.4 Å². The second-order valence-electron chi connectivity index (χ2n) is 12.3. The van der Waals surface area contributed by atoms with Crippen molar-refractivity contribution in [3.05, 3.63) is 106 Å². The number of anilines is 1. The van der Waals surface area contributed by atoms with E-state index >= 15 is 0 Å². The van der Waals surface area contributed by atoms with Crippen molar-refractivity contribution in [2.75, 3.05) is 18.5 Å². The first-order valence-corrected chi connectivity index (χ1v) is 18.7. The molecule has 0 saturated carbocycles. The number of ether oxygens (including phenoxy) is 1. The summed E-state index contributed by atoms with van der Waals surface area (Å²) in [6.45, 7) is 4.45. The summed E-state index contributed by atoms with van der Waals surface area (Å²) in [4.78, 5) is 71.5. The van der Waals surface area contributed by atoms with Gasteiger partial charge in [0.15, 0.2) is 6.04 Å². The van der Waals surface area contributed by atoms with Crippen LogP contribution in [0.3, 0.4) is 0 Å². The van der Waals surface area contributed by atoms with E-state index < -0.39 is 35.9 Å². The minimum atomic E-state index is -1.97. The average Bonchev–Trinajstić information content (AvgIpc) is 3.73. The Morgan fingerprint density at radius 1 is 0.923 bits per heavy atom. The SMILES string of the molecule is CCCCCCCCNC(=O)c1ccc(NC(=O)C(C(=O)c2nscc2-c2ccccc2)N2C(=O)C(OCC)N(Cc3ccccc3)C2=O)c(Cl)c1. The van der Waals surface area contributed by atoms with Crippen LogP contribution in [-0.2, 0) is 20.9 Å². The molecule has 3 aromatic carbocycles. The number of rotatable bonds is 18. The first-order valence-electron chi connectivity index (χ1n) is 17.5. The van der Waals surface area contributed by atoms with Gasteiger partial charge in [0.1, 0.15) is 5.69 Å². The van der Waals surface area contributed by atoms with Crippen LogP contribution >= 0.6 is 23.1 Å². The van der Waals surface area contributed by atoms with Crippen LogP contribution in [0.4, 0.5) is 10.5 Å². The van der Waals surface area contributed by atoms with Gasteiger partial charge in [0.2, 0.25) is 12.0 Å². The number of imide groups is 1. The molecule has 2 heterocycles. The van der Waals surface area contributed by atoms with Gasteiger partial charge in [-0.3, -0.25) is 24.1 Å². The molecule has 1 fully saturated rings. The number of ketones is 1. The maximum Gasteiger partial charge on any atom is 0.330 e. The highest BCUT2D eigenvalue weighted by Crippen LogP contribution is 2.31. The lowest BCUT2D eigenvalue weighted by Crippen LogP contribution is -2.52. The van der Waals surface area contributed by atoms with Gasteiger partial charge in [0.25, 0.3) is 17.7 Å². The maximum atomic E-state index is 14.5. The van der Waals surface area contributed by atoms with Crippen LogP contribution in [0.5, 0.6) is 0 Å². The molecule has 2 N–H and O–H groups in total. The van der Waals surface area contributed by atoms with E-state index in [0.29, 0.717) is 22.6 Å². The molecule has 11 nitrogen and oxygen atoms in total. The molecule has 4 aromatic rings. The second-order valence-corrected chi connectivity index (χ2v) is 13.4. The molecule has 0 aliphatic carbocycles. The monoisotopic (exact) mass is 743 g/mol. The number of carbonyl (C=O) groups excluding carboxylic acids is 5. The van der Waals surface area contributed by atoms with Crippen LogP contribution in [0.25, 0.3) is 11.1 Å². The summed E-state index contributed by atoms with van der Waals surface area (Å²) >= 11 is 7.58. The molecule has 0 spiro atoms. The number of hydrogen-bond acceptors (Lipinski definition) is 8. The van der Waals surface area contributed by atoms with Gasteiger partial charge in [-0.2, -0.15) is 4.37 Å². The Hall–Kier alpha value is -4.91. The molecule has 5 amide bonds. The summed E-state index contributed by atoms with van der Waals surface area (Å²) in [7, 11) is 0. The Balaban J connectivity index is 1.42. The van der Waals surface area contributed by atoms with E-state index in [1.807, 2.05) is 12.1 Å². The normalized spacial score (nSPS) is 14.8. The van der Waals surface area contributed by atoms with Gasteiger partial charge < -0.3 is 15.4 Å². The molecule has 0 radical (unpaired) electrons. The van der Waals surface area contributed by atoms with Crippen LogP contribution < -0.4 is 10.6 Å². The van der Waals surface area contributed by atoms with Crippen molar-refractivity contribution in [2.45, 2.75) is 71.2 Å². The molecule has 13 heteroatoms. The number of Topliss-reactive ketones (excluding diaryl/α,β-unsaturated/α-hetero) is 1. The van der Waals surface area contributed by atoms with Gasteiger partial charge in [-0.05, 0) is 54.2 Å². The molecule has 1 aliphatic heterocycles. The van der Waals surface area contributed by atoms with E-state index in [-0.39, 0.29) is 41.0 Å². The van der Waals surface area contributed by atoms with Gasteiger partial charge in [0, 0.05) is 29.7 Å². The highest BCUT2D eigenvalue weighted by Gasteiger charge is 2.53. The Labute approximate surface area is 312 Å². The number of hydrogen-bond donors (Lipinski definition) is 2. The second kappa shape index (κ2) is 18.5. The van der Waals surface area contributed by atoms with Gasteiger partial charge in [-0.25, -0.2) is 9.69 Å². The number of benzene rings is 3. The lowest BCUT2D eigenvalue weighted by molar-refractivity contribution is -0.144. The zero-order valence-electron chi connectivity index (χ0n) is 29.2. The summed E-state index contributed by atoms with van der Waals surface area (Å²) in [5.41, 5.74) is 2.14. The van der Waals surface area contributed by atoms with Crippen molar-refractivity contribution < 1.29 is 28.7 Å².